The minimum absolute atomic E-state index is 0.177. The van der Waals surface area contributed by atoms with E-state index in [2.05, 4.69) is 20.7 Å². The molecular weight excluding hydrogens is 286 g/mol. The van der Waals surface area contributed by atoms with Crippen molar-refractivity contribution in [3.8, 4) is 0 Å². The largest absolute Gasteiger partial charge is 0.466 e. The number of methoxy groups -OCH3 is 1. The highest BCUT2D eigenvalue weighted by atomic mass is 79.9. The van der Waals surface area contributed by atoms with Crippen molar-refractivity contribution in [3.63, 3.8) is 0 Å². The lowest BCUT2D eigenvalue weighted by Crippen LogP contribution is -1.93. The summed E-state index contributed by atoms with van der Waals surface area (Å²) in [5.41, 5.74) is 0.537. The SMILES string of the molecule is COC(=O)/C=C/c1ccc(F)c(Br)c1Cl. The Labute approximate surface area is 99.8 Å². The van der Waals surface area contributed by atoms with Gasteiger partial charge in [0.15, 0.2) is 0 Å². The van der Waals surface area contributed by atoms with Crippen LogP contribution >= 0.6 is 27.5 Å². The molecule has 1 aromatic rings. The Kier molecular flexibility index (Phi) is 4.29. The van der Waals surface area contributed by atoms with Crippen LogP contribution in [0.25, 0.3) is 6.08 Å². The van der Waals surface area contributed by atoms with Crippen molar-refractivity contribution in [1.29, 1.82) is 0 Å². The van der Waals surface area contributed by atoms with E-state index < -0.39 is 11.8 Å². The van der Waals surface area contributed by atoms with Crippen LogP contribution in [0, 0.1) is 5.82 Å². The second-order valence-electron chi connectivity index (χ2n) is 2.62. The van der Waals surface area contributed by atoms with Crippen LogP contribution in [0.4, 0.5) is 4.39 Å². The van der Waals surface area contributed by atoms with Gasteiger partial charge in [0.05, 0.1) is 16.6 Å². The molecule has 0 heterocycles. The summed E-state index contributed by atoms with van der Waals surface area (Å²) < 4.78 is 17.6. The third kappa shape index (κ3) is 3.04. The zero-order valence-corrected chi connectivity index (χ0v) is 10.1. The molecule has 0 aliphatic heterocycles. The van der Waals surface area contributed by atoms with Gasteiger partial charge in [-0.3, -0.25) is 0 Å². The molecule has 80 valence electrons. The summed E-state index contributed by atoms with van der Waals surface area (Å²) in [6.45, 7) is 0. The summed E-state index contributed by atoms with van der Waals surface area (Å²) in [7, 11) is 1.27. The monoisotopic (exact) mass is 292 g/mol. The standard InChI is InChI=1S/C10H7BrClFO2/c1-15-8(14)5-3-6-2-4-7(13)9(11)10(6)12/h2-5H,1H3/b5-3+. The van der Waals surface area contributed by atoms with E-state index in [4.69, 9.17) is 11.6 Å². The van der Waals surface area contributed by atoms with Gasteiger partial charge in [-0.25, -0.2) is 9.18 Å². The van der Waals surface area contributed by atoms with Gasteiger partial charge in [-0.1, -0.05) is 17.7 Å². The maximum absolute atomic E-state index is 13.0. The highest BCUT2D eigenvalue weighted by Gasteiger charge is 2.07. The molecule has 5 heteroatoms. The molecule has 0 radical (unpaired) electrons. The Morgan fingerprint density at radius 3 is 2.87 bits per heavy atom. The summed E-state index contributed by atoms with van der Waals surface area (Å²) in [4.78, 5) is 10.8. The van der Waals surface area contributed by atoms with Crippen LogP contribution in [-0.4, -0.2) is 13.1 Å². The molecule has 0 bridgehead atoms. The number of carbonyl (C=O) groups excluding carboxylic acids is 1. The fraction of sp³-hybridized carbons (Fsp3) is 0.100. The minimum atomic E-state index is -0.494. The predicted molar refractivity (Wildman–Crippen MR) is 60.2 cm³/mol. The lowest BCUT2D eigenvalue weighted by atomic mass is 10.2. The first-order valence-corrected chi connectivity index (χ1v) is 5.13. The smallest absolute Gasteiger partial charge is 0.330 e. The molecule has 0 saturated carbocycles. The number of carbonyl (C=O) groups is 1. The third-order valence-electron chi connectivity index (χ3n) is 1.67. The van der Waals surface area contributed by atoms with Gasteiger partial charge < -0.3 is 4.74 Å². The topological polar surface area (TPSA) is 26.3 Å². The van der Waals surface area contributed by atoms with Crippen molar-refractivity contribution in [3.05, 3.63) is 39.1 Å². The van der Waals surface area contributed by atoms with E-state index in [0.29, 0.717) is 5.56 Å². The van der Waals surface area contributed by atoms with Gasteiger partial charge in [-0.15, -0.1) is 0 Å². The van der Waals surface area contributed by atoms with Crippen LogP contribution in [0.2, 0.25) is 5.02 Å². The number of benzene rings is 1. The van der Waals surface area contributed by atoms with Gasteiger partial charge in [0.2, 0.25) is 0 Å². The number of ether oxygens (including phenoxy) is 1. The number of esters is 1. The van der Waals surface area contributed by atoms with Crippen molar-refractivity contribution < 1.29 is 13.9 Å². The van der Waals surface area contributed by atoms with Crippen LogP contribution in [0.5, 0.6) is 0 Å². The van der Waals surface area contributed by atoms with Gasteiger partial charge >= 0.3 is 5.97 Å². The van der Waals surface area contributed by atoms with E-state index in [9.17, 15) is 9.18 Å². The van der Waals surface area contributed by atoms with Gasteiger partial charge in [-0.05, 0) is 33.6 Å². The summed E-state index contributed by atoms with van der Waals surface area (Å²) in [6.07, 6.45) is 2.67. The fourth-order valence-corrected chi connectivity index (χ4v) is 1.47. The maximum Gasteiger partial charge on any atom is 0.330 e. The van der Waals surface area contributed by atoms with Crippen LogP contribution in [-0.2, 0) is 9.53 Å². The zero-order chi connectivity index (χ0) is 11.4. The van der Waals surface area contributed by atoms with Gasteiger partial charge in [0, 0.05) is 6.08 Å². The molecule has 0 unspecified atom stereocenters. The molecule has 0 spiro atoms. The van der Waals surface area contributed by atoms with Crippen molar-refractivity contribution in [2.75, 3.05) is 7.11 Å². The Morgan fingerprint density at radius 1 is 1.60 bits per heavy atom. The fourth-order valence-electron chi connectivity index (χ4n) is 0.895. The molecule has 0 aliphatic carbocycles. The van der Waals surface area contributed by atoms with Gasteiger partial charge in [0.25, 0.3) is 0 Å². The summed E-state index contributed by atoms with van der Waals surface area (Å²) in [6, 6.07) is 2.73. The molecule has 1 aromatic carbocycles. The molecule has 0 saturated heterocycles. The van der Waals surface area contributed by atoms with Crippen LogP contribution in [0.1, 0.15) is 5.56 Å². The summed E-state index contributed by atoms with van der Waals surface area (Å²) in [5.74, 6) is -0.943. The first-order valence-electron chi connectivity index (χ1n) is 3.95. The van der Waals surface area contributed by atoms with E-state index >= 15 is 0 Å². The second-order valence-corrected chi connectivity index (χ2v) is 3.79. The van der Waals surface area contributed by atoms with E-state index in [0.717, 1.165) is 0 Å². The molecule has 2 nitrogen and oxygen atoms in total. The molecule has 1 rings (SSSR count). The molecule has 0 N–H and O–H groups in total. The van der Waals surface area contributed by atoms with E-state index in [1.165, 1.54) is 31.4 Å². The molecule has 0 aromatic heterocycles. The Bertz CT molecular complexity index is 418. The molecule has 0 atom stereocenters. The average molecular weight is 294 g/mol. The summed E-state index contributed by atoms with van der Waals surface area (Å²) in [5, 5.41) is 0.218. The first-order chi connectivity index (χ1) is 7.06. The third-order valence-corrected chi connectivity index (χ3v) is 3.08. The summed E-state index contributed by atoms with van der Waals surface area (Å²) >= 11 is 8.83. The Balaban J connectivity index is 3.02. The van der Waals surface area contributed by atoms with Crippen molar-refractivity contribution >= 4 is 39.6 Å². The number of hydrogen-bond donors (Lipinski definition) is 0. The lowest BCUT2D eigenvalue weighted by Gasteiger charge is -2.01. The predicted octanol–water partition coefficient (Wildman–Crippen LogP) is 3.43. The van der Waals surface area contributed by atoms with E-state index in [-0.39, 0.29) is 9.50 Å². The van der Waals surface area contributed by atoms with Crippen molar-refractivity contribution in [1.82, 2.24) is 0 Å². The van der Waals surface area contributed by atoms with Crippen LogP contribution < -0.4 is 0 Å². The Morgan fingerprint density at radius 2 is 2.27 bits per heavy atom. The minimum Gasteiger partial charge on any atom is -0.466 e. The highest BCUT2D eigenvalue weighted by molar-refractivity contribution is 9.10. The highest BCUT2D eigenvalue weighted by Crippen LogP contribution is 2.29. The lowest BCUT2D eigenvalue weighted by molar-refractivity contribution is -0.134. The van der Waals surface area contributed by atoms with E-state index in [1.807, 2.05) is 0 Å². The number of hydrogen-bond acceptors (Lipinski definition) is 2. The normalized spacial score (nSPS) is 10.7. The maximum atomic E-state index is 13.0. The van der Waals surface area contributed by atoms with Crippen molar-refractivity contribution in [2.24, 2.45) is 0 Å². The molecule has 0 aliphatic rings. The Hall–Kier alpha value is -0.870. The van der Waals surface area contributed by atoms with Crippen LogP contribution in [0.15, 0.2) is 22.7 Å². The average Bonchev–Trinajstić information content (AvgIpc) is 2.24. The first kappa shape index (κ1) is 12.2. The van der Waals surface area contributed by atoms with Gasteiger partial charge in [-0.2, -0.15) is 0 Å². The number of rotatable bonds is 2. The second kappa shape index (κ2) is 5.28. The quantitative estimate of drug-likeness (QED) is 0.474. The molecular formula is C10H7BrClFO2. The molecule has 15 heavy (non-hydrogen) atoms. The molecule has 0 amide bonds. The molecule has 0 fully saturated rings. The van der Waals surface area contributed by atoms with Gasteiger partial charge in [0.1, 0.15) is 5.82 Å². The van der Waals surface area contributed by atoms with E-state index in [1.54, 1.807) is 0 Å². The van der Waals surface area contributed by atoms with Crippen molar-refractivity contribution in [2.45, 2.75) is 0 Å². The zero-order valence-electron chi connectivity index (χ0n) is 7.76. The van der Waals surface area contributed by atoms with Crippen LogP contribution in [0.3, 0.4) is 0 Å². The number of halogens is 3.